The van der Waals surface area contributed by atoms with Gasteiger partial charge in [-0.05, 0) is 98.0 Å². The molecule has 6 aromatic rings. The number of hydrogen-bond donors (Lipinski definition) is 4. The second-order valence-corrected chi connectivity index (χ2v) is 11.7. The van der Waals surface area contributed by atoms with E-state index in [1.54, 1.807) is 36.5 Å². The van der Waals surface area contributed by atoms with Crippen molar-refractivity contribution in [2.75, 3.05) is 10.7 Å². The van der Waals surface area contributed by atoms with Crippen molar-refractivity contribution in [2.24, 2.45) is 5.10 Å². The molecule has 0 saturated heterocycles. The molecule has 0 aliphatic heterocycles. The lowest BCUT2D eigenvalue weighted by molar-refractivity contribution is 0.303. The topological polar surface area (TPSA) is 159 Å². The number of aromatic nitrogens is 6. The number of ether oxygens (including phenoxy) is 1. The highest BCUT2D eigenvalue weighted by molar-refractivity contribution is 14.1. The number of imidazole rings is 1. The van der Waals surface area contributed by atoms with E-state index in [1.165, 1.54) is 0 Å². The largest absolute Gasteiger partial charge is 0.487 e. The maximum Gasteiger partial charge on any atom is 0.323 e. The zero-order chi connectivity index (χ0) is 28.5. The van der Waals surface area contributed by atoms with Crippen LogP contribution < -0.4 is 21.2 Å². The van der Waals surface area contributed by atoms with Crippen LogP contribution in [0, 0.1) is 7.14 Å². The van der Waals surface area contributed by atoms with Gasteiger partial charge in [-0.15, -0.1) is 0 Å². The summed E-state index contributed by atoms with van der Waals surface area (Å²) in [4.78, 5) is 26.0. The average molecular weight is 814 g/mol. The van der Waals surface area contributed by atoms with E-state index in [2.05, 4.69) is 91.3 Å². The van der Waals surface area contributed by atoms with E-state index in [9.17, 15) is 4.79 Å². The van der Waals surface area contributed by atoms with Gasteiger partial charge in [0.25, 0.3) is 0 Å². The fraction of sp³-hybridized carbons (Fsp3) is 0.0400. The number of benzene rings is 3. The van der Waals surface area contributed by atoms with E-state index in [0.29, 0.717) is 38.3 Å². The Morgan fingerprint density at radius 2 is 1.76 bits per heavy atom. The van der Waals surface area contributed by atoms with Crippen LogP contribution in [0.1, 0.15) is 11.1 Å². The molecule has 0 bridgehead atoms. The molecule has 0 spiro atoms. The van der Waals surface area contributed by atoms with E-state index in [-0.39, 0.29) is 29.4 Å². The number of nitrogens with one attached hydrogen (secondary N) is 4. The third-order valence-electron chi connectivity index (χ3n) is 5.69. The molecule has 3 aromatic carbocycles. The lowest BCUT2D eigenvalue weighted by atomic mass is 10.2. The molecule has 12 nitrogen and oxygen atoms in total. The van der Waals surface area contributed by atoms with Gasteiger partial charge < -0.3 is 20.0 Å². The lowest BCUT2D eigenvalue weighted by Gasteiger charge is -2.13. The van der Waals surface area contributed by atoms with E-state index in [4.69, 9.17) is 32.6 Å². The number of nitrogens with zero attached hydrogens (tertiary/aromatic N) is 5. The van der Waals surface area contributed by atoms with Crippen molar-refractivity contribution >= 4 is 114 Å². The molecule has 0 atom stereocenters. The molecule has 6 rings (SSSR count). The van der Waals surface area contributed by atoms with Crippen LogP contribution >= 0.6 is 68.4 Å². The Morgan fingerprint density at radius 3 is 2.56 bits per heavy atom. The molecule has 0 saturated carbocycles. The Bertz CT molecular complexity index is 2010. The highest BCUT2D eigenvalue weighted by Gasteiger charge is 2.15. The Labute approximate surface area is 267 Å². The van der Waals surface area contributed by atoms with Crippen LogP contribution in [0.15, 0.2) is 63.1 Å². The smallest absolute Gasteiger partial charge is 0.323 e. The van der Waals surface area contributed by atoms with Gasteiger partial charge in [0.2, 0.25) is 11.3 Å². The summed E-state index contributed by atoms with van der Waals surface area (Å²) in [5.41, 5.74) is 6.52. The zero-order valence-corrected chi connectivity index (χ0v) is 26.2. The van der Waals surface area contributed by atoms with Crippen LogP contribution in [-0.4, -0.2) is 36.5 Å². The summed E-state index contributed by atoms with van der Waals surface area (Å²) >= 11 is 16.8. The molecule has 3 heterocycles. The van der Waals surface area contributed by atoms with Crippen molar-refractivity contribution in [1.82, 2.24) is 30.2 Å². The van der Waals surface area contributed by atoms with Crippen molar-refractivity contribution in [2.45, 2.75) is 6.61 Å². The third kappa shape index (κ3) is 6.24. The second-order valence-electron chi connectivity index (χ2n) is 8.50. The van der Waals surface area contributed by atoms with Crippen LogP contribution in [-0.2, 0) is 6.61 Å². The third-order valence-corrected chi connectivity index (χ3v) is 7.70. The molecule has 0 aliphatic rings. The predicted molar refractivity (Wildman–Crippen MR) is 173 cm³/mol. The van der Waals surface area contributed by atoms with Crippen LogP contribution in [0.2, 0.25) is 10.0 Å². The molecule has 0 radical (unpaired) electrons. The Balaban J connectivity index is 1.27. The first-order valence-electron chi connectivity index (χ1n) is 11.7. The molecule has 206 valence electrons. The number of hydrogen-bond acceptors (Lipinski definition) is 10. The molecular weight excluding hydrogens is 799 g/mol. The minimum Gasteiger partial charge on any atom is -0.487 e. The number of hydrazone groups is 1. The summed E-state index contributed by atoms with van der Waals surface area (Å²) in [6, 6.07) is 14.5. The van der Waals surface area contributed by atoms with Gasteiger partial charge in [-0.1, -0.05) is 29.3 Å². The van der Waals surface area contributed by atoms with Gasteiger partial charge in [0.15, 0.2) is 11.6 Å². The number of anilines is 3. The SMILES string of the molecule is O=c1[nH]c2ccc(Nc3nc4nonc4nc3N/N=C\c3cc(I)cc(I)c3OCc3ccc(Cl)cc3Cl)cc2[nH]1. The highest BCUT2D eigenvalue weighted by Crippen LogP contribution is 2.30. The summed E-state index contributed by atoms with van der Waals surface area (Å²) in [6.45, 7) is 0.243. The quantitative estimate of drug-likeness (QED) is 0.0769. The molecule has 3 aromatic heterocycles. The Kier molecular flexibility index (Phi) is 7.96. The van der Waals surface area contributed by atoms with E-state index < -0.39 is 0 Å². The van der Waals surface area contributed by atoms with Crippen LogP contribution in [0.25, 0.3) is 22.3 Å². The summed E-state index contributed by atoms with van der Waals surface area (Å²) in [7, 11) is 0. The van der Waals surface area contributed by atoms with Gasteiger partial charge in [0, 0.05) is 30.4 Å². The number of halogens is 4. The number of rotatable bonds is 8. The second kappa shape index (κ2) is 11.8. The molecule has 41 heavy (non-hydrogen) atoms. The Hall–Kier alpha value is -3.48. The van der Waals surface area contributed by atoms with Crippen molar-refractivity contribution in [1.29, 1.82) is 0 Å². The normalized spacial score (nSPS) is 11.5. The van der Waals surface area contributed by atoms with Crippen molar-refractivity contribution in [3.8, 4) is 5.75 Å². The summed E-state index contributed by atoms with van der Waals surface area (Å²) in [6.07, 6.45) is 1.62. The zero-order valence-electron chi connectivity index (χ0n) is 20.4. The molecule has 0 fully saturated rings. The molecule has 0 unspecified atom stereocenters. The van der Waals surface area contributed by atoms with E-state index in [1.807, 2.05) is 18.2 Å². The van der Waals surface area contributed by atoms with Crippen LogP contribution in [0.4, 0.5) is 17.3 Å². The maximum atomic E-state index is 11.6. The first-order valence-corrected chi connectivity index (χ1v) is 14.6. The first kappa shape index (κ1) is 27.7. The van der Waals surface area contributed by atoms with Gasteiger partial charge in [-0.25, -0.2) is 14.4 Å². The number of H-pyrrole nitrogens is 2. The maximum absolute atomic E-state index is 11.6. The number of fused-ring (bicyclic) bond motifs is 2. The van der Waals surface area contributed by atoms with Crippen molar-refractivity contribution in [3.05, 3.63) is 87.3 Å². The van der Waals surface area contributed by atoms with Gasteiger partial charge in [0.05, 0.1) is 20.8 Å². The summed E-state index contributed by atoms with van der Waals surface area (Å²) < 4.78 is 12.8. The van der Waals surface area contributed by atoms with Crippen LogP contribution in [0.3, 0.4) is 0 Å². The van der Waals surface area contributed by atoms with E-state index in [0.717, 1.165) is 18.3 Å². The molecule has 0 aliphatic carbocycles. The van der Waals surface area contributed by atoms with Gasteiger partial charge >= 0.3 is 5.69 Å². The van der Waals surface area contributed by atoms with Crippen molar-refractivity contribution in [3.63, 3.8) is 0 Å². The first-order chi connectivity index (χ1) is 19.8. The molecule has 0 amide bonds. The minimum atomic E-state index is -0.298. The lowest BCUT2D eigenvalue weighted by Crippen LogP contribution is -2.04. The fourth-order valence-corrected chi connectivity index (χ4v) is 6.34. The number of aromatic amines is 2. The van der Waals surface area contributed by atoms with Crippen molar-refractivity contribution < 1.29 is 9.37 Å². The minimum absolute atomic E-state index is 0.200. The standard InChI is InChI=1S/C25H15Cl2I2N9O3/c26-13-2-1-11(16(27)6-13)10-40-20-12(5-14(28)7-17(20)29)9-30-36-22-21(34-23-24(35-22)38-41-37-23)31-15-3-4-18-19(8-15)33-25(39)32-18/h1-9H,10H2,(H,31,34,37)(H2,32,33,39)(H,35,36,38)/b30-9-. The van der Waals surface area contributed by atoms with Gasteiger partial charge in [-0.2, -0.15) is 10.1 Å². The summed E-state index contributed by atoms with van der Waals surface area (Å²) in [5, 5.41) is 16.2. The van der Waals surface area contributed by atoms with Gasteiger partial charge in [-0.3, -0.25) is 5.43 Å². The molecular formula is C25H15Cl2I2N9O3. The monoisotopic (exact) mass is 813 g/mol. The predicted octanol–water partition coefficient (Wildman–Crippen LogP) is 6.47. The Morgan fingerprint density at radius 1 is 0.976 bits per heavy atom. The average Bonchev–Trinajstić information content (AvgIpc) is 3.53. The van der Waals surface area contributed by atoms with E-state index >= 15 is 0 Å². The summed E-state index contributed by atoms with van der Waals surface area (Å²) in [5.74, 6) is 1.22. The van der Waals surface area contributed by atoms with Crippen LogP contribution in [0.5, 0.6) is 5.75 Å². The fourth-order valence-electron chi connectivity index (χ4n) is 3.83. The highest BCUT2D eigenvalue weighted by atomic mass is 127. The van der Waals surface area contributed by atoms with Gasteiger partial charge in [0.1, 0.15) is 12.4 Å². The molecule has 16 heteroatoms. The molecule has 4 N–H and O–H groups in total.